The maximum absolute atomic E-state index is 12.0. The maximum atomic E-state index is 12.0. The topological polar surface area (TPSA) is 32.3 Å². The average Bonchev–Trinajstić information content (AvgIpc) is 2.34. The highest BCUT2D eigenvalue weighted by molar-refractivity contribution is 9.10. The minimum absolute atomic E-state index is 0.0795. The number of hydrogen-bond acceptors (Lipinski definition) is 2. The van der Waals surface area contributed by atoms with Gasteiger partial charge in [-0.1, -0.05) is 22.9 Å². The summed E-state index contributed by atoms with van der Waals surface area (Å²) in [5.41, 5.74) is 2.00. The van der Waals surface area contributed by atoms with E-state index < -0.39 is 0 Å². The summed E-state index contributed by atoms with van der Waals surface area (Å²) in [4.78, 5) is 14.3. The zero-order valence-corrected chi connectivity index (χ0v) is 13.2. The van der Waals surface area contributed by atoms with Crippen LogP contribution in [-0.2, 0) is 4.79 Å². The van der Waals surface area contributed by atoms with Gasteiger partial charge in [0.1, 0.15) is 0 Å². The zero-order chi connectivity index (χ0) is 13.8. The Balaban J connectivity index is 1.88. The van der Waals surface area contributed by atoms with Gasteiger partial charge in [0.2, 0.25) is 5.91 Å². The molecule has 19 heavy (non-hydrogen) atoms. The first kappa shape index (κ1) is 14.5. The monoisotopic (exact) mass is 324 g/mol. The zero-order valence-electron chi connectivity index (χ0n) is 11.6. The fraction of sp³-hybridized carbons (Fsp3) is 0.533. The van der Waals surface area contributed by atoms with Crippen LogP contribution < -0.4 is 5.32 Å². The van der Waals surface area contributed by atoms with Crippen LogP contribution in [0.3, 0.4) is 0 Å². The predicted molar refractivity (Wildman–Crippen MR) is 82.3 cm³/mol. The lowest BCUT2D eigenvalue weighted by atomic mass is 10.0. The molecule has 1 heterocycles. The summed E-state index contributed by atoms with van der Waals surface area (Å²) < 4.78 is 1.07. The number of amides is 1. The minimum atomic E-state index is 0.0795. The first-order valence-electron chi connectivity index (χ1n) is 6.83. The van der Waals surface area contributed by atoms with Crippen molar-refractivity contribution in [2.45, 2.75) is 26.7 Å². The average molecular weight is 325 g/mol. The van der Waals surface area contributed by atoms with Crippen LogP contribution in [0.1, 0.15) is 25.3 Å². The fourth-order valence-electron chi connectivity index (χ4n) is 2.56. The number of anilines is 1. The van der Waals surface area contributed by atoms with Crippen LogP contribution in [0.4, 0.5) is 5.69 Å². The lowest BCUT2D eigenvalue weighted by Crippen LogP contribution is -2.39. The van der Waals surface area contributed by atoms with Gasteiger partial charge in [0, 0.05) is 16.7 Å². The molecule has 0 aliphatic carbocycles. The highest BCUT2D eigenvalue weighted by atomic mass is 79.9. The first-order chi connectivity index (χ1) is 9.04. The summed E-state index contributed by atoms with van der Waals surface area (Å²) in [6, 6.07) is 5.88. The van der Waals surface area contributed by atoms with E-state index >= 15 is 0 Å². The Morgan fingerprint density at radius 2 is 2.32 bits per heavy atom. The summed E-state index contributed by atoms with van der Waals surface area (Å²) in [5, 5.41) is 2.97. The van der Waals surface area contributed by atoms with Crippen molar-refractivity contribution >= 4 is 27.5 Å². The summed E-state index contributed by atoms with van der Waals surface area (Å²) in [6.07, 6.45) is 2.48. The summed E-state index contributed by atoms with van der Waals surface area (Å²) >= 11 is 3.46. The standard InChI is InChI=1S/C15H21BrN2O/c1-11-4-3-7-18(9-11)10-15(19)17-13-5-6-14(16)12(2)8-13/h5-6,8,11H,3-4,7,9-10H2,1-2H3,(H,17,19)/t11-/m0/s1. The number of aryl methyl sites for hydroxylation is 1. The van der Waals surface area contributed by atoms with Crippen LogP contribution in [-0.4, -0.2) is 30.4 Å². The second kappa shape index (κ2) is 6.53. The Labute approximate surface area is 123 Å². The van der Waals surface area contributed by atoms with Gasteiger partial charge >= 0.3 is 0 Å². The molecular formula is C15H21BrN2O. The molecule has 0 radical (unpaired) electrons. The summed E-state index contributed by atoms with van der Waals surface area (Å²) in [7, 11) is 0. The van der Waals surface area contributed by atoms with Crippen molar-refractivity contribution in [2.75, 3.05) is 25.0 Å². The van der Waals surface area contributed by atoms with Crippen LogP contribution in [0.2, 0.25) is 0 Å². The molecule has 1 atom stereocenters. The highest BCUT2D eigenvalue weighted by Crippen LogP contribution is 2.20. The number of hydrogen-bond donors (Lipinski definition) is 1. The molecule has 1 aromatic carbocycles. The number of nitrogens with one attached hydrogen (secondary N) is 1. The third-order valence-electron chi connectivity index (χ3n) is 3.55. The van der Waals surface area contributed by atoms with E-state index in [1.807, 2.05) is 25.1 Å². The second-order valence-electron chi connectivity index (χ2n) is 5.49. The van der Waals surface area contributed by atoms with Gasteiger partial charge in [0.25, 0.3) is 0 Å². The van der Waals surface area contributed by atoms with Crippen LogP contribution in [0, 0.1) is 12.8 Å². The van der Waals surface area contributed by atoms with E-state index in [0.29, 0.717) is 12.5 Å². The Kier molecular flexibility index (Phi) is 4.99. The van der Waals surface area contributed by atoms with E-state index in [4.69, 9.17) is 0 Å². The van der Waals surface area contributed by atoms with Gasteiger partial charge in [0.15, 0.2) is 0 Å². The molecule has 1 fully saturated rings. The third-order valence-corrected chi connectivity index (χ3v) is 4.44. The molecule has 2 rings (SSSR count). The van der Waals surface area contributed by atoms with Crippen molar-refractivity contribution in [1.82, 2.24) is 4.90 Å². The molecule has 1 aromatic rings. The normalized spacial score (nSPS) is 20.3. The highest BCUT2D eigenvalue weighted by Gasteiger charge is 2.18. The lowest BCUT2D eigenvalue weighted by Gasteiger charge is -2.30. The van der Waals surface area contributed by atoms with Crippen molar-refractivity contribution in [2.24, 2.45) is 5.92 Å². The van der Waals surface area contributed by atoms with Crippen LogP contribution in [0.15, 0.2) is 22.7 Å². The van der Waals surface area contributed by atoms with Gasteiger partial charge < -0.3 is 5.32 Å². The Morgan fingerprint density at radius 3 is 3.00 bits per heavy atom. The molecule has 3 nitrogen and oxygen atoms in total. The second-order valence-corrected chi connectivity index (χ2v) is 6.35. The number of carbonyl (C=O) groups excluding carboxylic acids is 1. The van der Waals surface area contributed by atoms with Gasteiger partial charge in [0.05, 0.1) is 6.54 Å². The lowest BCUT2D eigenvalue weighted by molar-refractivity contribution is -0.117. The van der Waals surface area contributed by atoms with Crippen molar-refractivity contribution in [3.05, 3.63) is 28.2 Å². The molecule has 1 N–H and O–H groups in total. The molecular weight excluding hydrogens is 304 g/mol. The van der Waals surface area contributed by atoms with E-state index in [9.17, 15) is 4.79 Å². The molecule has 0 bridgehead atoms. The largest absolute Gasteiger partial charge is 0.325 e. The number of halogens is 1. The van der Waals surface area contributed by atoms with Crippen molar-refractivity contribution in [1.29, 1.82) is 0 Å². The predicted octanol–water partition coefficient (Wildman–Crippen LogP) is 3.43. The van der Waals surface area contributed by atoms with E-state index in [-0.39, 0.29) is 5.91 Å². The van der Waals surface area contributed by atoms with Gasteiger partial charge in [-0.2, -0.15) is 0 Å². The number of piperidine rings is 1. The van der Waals surface area contributed by atoms with E-state index in [1.165, 1.54) is 12.8 Å². The fourth-order valence-corrected chi connectivity index (χ4v) is 2.80. The molecule has 0 aromatic heterocycles. The van der Waals surface area contributed by atoms with E-state index in [2.05, 4.69) is 33.1 Å². The molecule has 0 saturated carbocycles. The quantitative estimate of drug-likeness (QED) is 0.923. The SMILES string of the molecule is Cc1cc(NC(=O)CN2CCC[C@H](C)C2)ccc1Br. The number of rotatable bonds is 3. The molecule has 1 aliphatic heterocycles. The van der Waals surface area contributed by atoms with Crippen LogP contribution in [0.5, 0.6) is 0 Å². The van der Waals surface area contributed by atoms with Crippen LogP contribution in [0.25, 0.3) is 0 Å². The minimum Gasteiger partial charge on any atom is -0.325 e. The van der Waals surface area contributed by atoms with Crippen molar-refractivity contribution in [3.8, 4) is 0 Å². The first-order valence-corrected chi connectivity index (χ1v) is 7.62. The van der Waals surface area contributed by atoms with Crippen LogP contribution >= 0.6 is 15.9 Å². The third kappa shape index (κ3) is 4.32. The van der Waals surface area contributed by atoms with Gasteiger partial charge in [-0.15, -0.1) is 0 Å². The van der Waals surface area contributed by atoms with E-state index in [1.54, 1.807) is 0 Å². The number of nitrogens with zero attached hydrogens (tertiary/aromatic N) is 1. The van der Waals surface area contributed by atoms with Crippen molar-refractivity contribution in [3.63, 3.8) is 0 Å². The van der Waals surface area contributed by atoms with Gasteiger partial charge in [-0.25, -0.2) is 0 Å². The molecule has 1 amide bonds. The van der Waals surface area contributed by atoms with Gasteiger partial charge in [-0.05, 0) is 56.0 Å². The number of likely N-dealkylation sites (tertiary alicyclic amines) is 1. The number of carbonyl (C=O) groups is 1. The Bertz CT molecular complexity index is 461. The maximum Gasteiger partial charge on any atom is 0.238 e. The van der Waals surface area contributed by atoms with E-state index in [0.717, 1.165) is 28.8 Å². The Hall–Kier alpha value is -0.870. The molecule has 1 saturated heterocycles. The molecule has 0 spiro atoms. The molecule has 104 valence electrons. The van der Waals surface area contributed by atoms with Crippen molar-refractivity contribution < 1.29 is 4.79 Å². The molecule has 1 aliphatic rings. The summed E-state index contributed by atoms with van der Waals surface area (Å²) in [5.74, 6) is 0.785. The molecule has 4 heteroatoms. The number of benzene rings is 1. The smallest absolute Gasteiger partial charge is 0.238 e. The molecule has 0 unspecified atom stereocenters. The summed E-state index contributed by atoms with van der Waals surface area (Å²) in [6.45, 7) is 6.84. The Morgan fingerprint density at radius 1 is 1.53 bits per heavy atom. The van der Waals surface area contributed by atoms with Gasteiger partial charge in [-0.3, -0.25) is 9.69 Å².